The molecule has 3 aromatic rings. The summed E-state index contributed by atoms with van der Waals surface area (Å²) in [6.07, 6.45) is 0. The maximum atomic E-state index is 13.0. The van der Waals surface area contributed by atoms with Crippen molar-refractivity contribution in [2.24, 2.45) is 0 Å². The second-order valence-electron chi connectivity index (χ2n) is 6.12. The van der Waals surface area contributed by atoms with E-state index in [0.717, 1.165) is 12.1 Å². The maximum absolute atomic E-state index is 13.0. The van der Waals surface area contributed by atoms with E-state index >= 15 is 0 Å². The first kappa shape index (κ1) is 22.0. The van der Waals surface area contributed by atoms with Gasteiger partial charge in [-0.3, -0.25) is 4.55 Å². The fourth-order valence-corrected chi connectivity index (χ4v) is 5.30. The molecule has 0 aliphatic carbocycles. The molecule has 0 aliphatic heterocycles. The van der Waals surface area contributed by atoms with Crippen LogP contribution in [0.25, 0.3) is 0 Å². The molecule has 0 amide bonds. The minimum Gasteiger partial charge on any atom is -0.508 e. The Bertz CT molecular complexity index is 1190. The summed E-state index contributed by atoms with van der Waals surface area (Å²) < 4.78 is 34.0. The SMILES string of the molecule is O=S(=O)(O)C(c1cccc(Cl)c1)(c1cc(O)c(Cl)c(Cl)c1)c1cc(O)ccc1Cl. The topological polar surface area (TPSA) is 94.8 Å². The summed E-state index contributed by atoms with van der Waals surface area (Å²) in [6.45, 7) is 0. The van der Waals surface area contributed by atoms with E-state index < -0.39 is 20.6 Å². The Morgan fingerprint density at radius 2 is 1.48 bits per heavy atom. The van der Waals surface area contributed by atoms with Crippen LogP contribution >= 0.6 is 46.4 Å². The number of hydrogen-bond acceptors (Lipinski definition) is 4. The lowest BCUT2D eigenvalue weighted by molar-refractivity contribution is 0.455. The summed E-state index contributed by atoms with van der Waals surface area (Å²) in [4.78, 5) is 0. The molecule has 1 atom stereocenters. The summed E-state index contributed by atoms with van der Waals surface area (Å²) in [6, 6.07) is 11.5. The highest BCUT2D eigenvalue weighted by atomic mass is 35.5. The molecule has 0 radical (unpaired) electrons. The summed E-state index contributed by atoms with van der Waals surface area (Å²) in [7, 11) is -5.06. The monoisotopic (exact) mass is 492 g/mol. The van der Waals surface area contributed by atoms with E-state index in [1.165, 1.54) is 42.5 Å². The van der Waals surface area contributed by atoms with Crippen molar-refractivity contribution in [1.29, 1.82) is 0 Å². The molecule has 0 heterocycles. The van der Waals surface area contributed by atoms with Crippen LogP contribution in [0.3, 0.4) is 0 Å². The molecule has 0 saturated heterocycles. The second-order valence-corrected chi connectivity index (χ2v) is 9.31. The van der Waals surface area contributed by atoms with Gasteiger partial charge in [0.25, 0.3) is 10.1 Å². The molecule has 5 nitrogen and oxygen atoms in total. The van der Waals surface area contributed by atoms with E-state index in [1.54, 1.807) is 0 Å². The van der Waals surface area contributed by atoms with Gasteiger partial charge >= 0.3 is 0 Å². The van der Waals surface area contributed by atoms with Gasteiger partial charge in [-0.25, -0.2) is 0 Å². The minimum atomic E-state index is -5.06. The summed E-state index contributed by atoms with van der Waals surface area (Å²) in [5, 5.41) is 19.9. The minimum absolute atomic E-state index is 0.00205. The first-order valence-corrected chi connectivity index (χ1v) is 10.8. The zero-order valence-corrected chi connectivity index (χ0v) is 18.1. The largest absolute Gasteiger partial charge is 0.508 e. The Balaban J connectivity index is 2.61. The van der Waals surface area contributed by atoms with E-state index in [1.807, 2.05) is 0 Å². The smallest absolute Gasteiger partial charge is 0.283 e. The van der Waals surface area contributed by atoms with Crippen molar-refractivity contribution < 1.29 is 23.2 Å². The van der Waals surface area contributed by atoms with Crippen molar-refractivity contribution in [3.05, 3.63) is 91.4 Å². The average Bonchev–Trinajstić information content (AvgIpc) is 2.62. The Morgan fingerprint density at radius 1 is 0.793 bits per heavy atom. The highest BCUT2D eigenvalue weighted by Crippen LogP contribution is 2.49. The predicted molar refractivity (Wildman–Crippen MR) is 114 cm³/mol. The molecule has 1 unspecified atom stereocenters. The Labute approximate surface area is 186 Å². The standard InChI is InChI=1S/C19H12Cl4O5S/c20-12-3-1-2-10(6-12)19(29(26,27)28,14-9-13(24)4-5-15(14)21)11-7-16(22)18(23)17(25)8-11/h1-9,24-25H,(H,26,27,28). The number of hydrogen-bond donors (Lipinski definition) is 3. The Hall–Kier alpha value is -1.67. The van der Waals surface area contributed by atoms with Gasteiger partial charge in [-0.2, -0.15) is 8.42 Å². The van der Waals surface area contributed by atoms with Gasteiger partial charge in [0.1, 0.15) is 16.5 Å². The van der Waals surface area contributed by atoms with Gasteiger partial charge in [0.15, 0.2) is 4.75 Å². The molecule has 0 aromatic heterocycles. The van der Waals surface area contributed by atoms with Crippen LogP contribution in [0, 0.1) is 0 Å². The molecule has 3 N–H and O–H groups in total. The second kappa shape index (κ2) is 7.87. The van der Waals surface area contributed by atoms with Crippen molar-refractivity contribution in [3.63, 3.8) is 0 Å². The molecule has 0 fully saturated rings. The molecule has 0 saturated carbocycles. The lowest BCUT2D eigenvalue weighted by atomic mass is 9.83. The summed E-state index contributed by atoms with van der Waals surface area (Å²) in [5.74, 6) is -0.816. The zero-order chi connectivity index (χ0) is 21.6. The fraction of sp³-hybridized carbons (Fsp3) is 0.0526. The van der Waals surface area contributed by atoms with Crippen molar-refractivity contribution in [2.75, 3.05) is 0 Å². The highest BCUT2D eigenvalue weighted by Gasteiger charge is 2.50. The van der Waals surface area contributed by atoms with E-state index in [0.29, 0.717) is 0 Å². The van der Waals surface area contributed by atoms with Crippen molar-refractivity contribution in [2.45, 2.75) is 4.75 Å². The quantitative estimate of drug-likeness (QED) is 0.311. The zero-order valence-electron chi connectivity index (χ0n) is 14.3. The van der Waals surface area contributed by atoms with Gasteiger partial charge in [0.05, 0.1) is 5.02 Å². The van der Waals surface area contributed by atoms with Gasteiger partial charge in [-0.05, 0) is 53.6 Å². The Kier molecular flexibility index (Phi) is 5.98. The molecule has 3 rings (SSSR count). The third-order valence-electron chi connectivity index (χ3n) is 4.36. The summed E-state index contributed by atoms with van der Waals surface area (Å²) in [5.41, 5.74) is -0.346. The van der Waals surface area contributed by atoms with Crippen LogP contribution in [-0.2, 0) is 14.9 Å². The summed E-state index contributed by atoms with van der Waals surface area (Å²) >= 11 is 24.4. The maximum Gasteiger partial charge on any atom is 0.283 e. The number of aromatic hydroxyl groups is 2. The van der Waals surface area contributed by atoms with Crippen LogP contribution in [0.5, 0.6) is 11.5 Å². The molecule has 0 bridgehead atoms. The van der Waals surface area contributed by atoms with Gasteiger partial charge in [0, 0.05) is 15.6 Å². The van der Waals surface area contributed by atoms with Gasteiger partial charge in [-0.1, -0.05) is 58.5 Å². The van der Waals surface area contributed by atoms with Crippen molar-refractivity contribution in [3.8, 4) is 11.5 Å². The number of phenols is 2. The van der Waals surface area contributed by atoms with Crippen LogP contribution in [0.1, 0.15) is 16.7 Å². The lowest BCUT2D eigenvalue weighted by Crippen LogP contribution is -2.38. The average molecular weight is 494 g/mol. The number of phenolic OH excluding ortho intramolecular Hbond substituents is 2. The van der Waals surface area contributed by atoms with Gasteiger partial charge in [-0.15, -0.1) is 0 Å². The number of rotatable bonds is 4. The van der Waals surface area contributed by atoms with Crippen LogP contribution in [-0.4, -0.2) is 23.2 Å². The third-order valence-corrected chi connectivity index (χ3v) is 7.18. The van der Waals surface area contributed by atoms with Crippen molar-refractivity contribution in [1.82, 2.24) is 0 Å². The van der Waals surface area contributed by atoms with Gasteiger partial charge in [0.2, 0.25) is 0 Å². The fourth-order valence-electron chi connectivity index (χ4n) is 3.18. The number of benzene rings is 3. The van der Waals surface area contributed by atoms with E-state index in [-0.39, 0.29) is 42.5 Å². The normalized spacial score (nSPS) is 13.8. The number of halogens is 4. The first-order valence-electron chi connectivity index (χ1n) is 7.89. The van der Waals surface area contributed by atoms with E-state index in [2.05, 4.69) is 0 Å². The molecule has 0 spiro atoms. The van der Waals surface area contributed by atoms with Crippen LogP contribution in [0.2, 0.25) is 20.1 Å². The van der Waals surface area contributed by atoms with E-state index in [9.17, 15) is 23.2 Å². The van der Waals surface area contributed by atoms with Crippen molar-refractivity contribution >= 4 is 56.5 Å². The molecule has 0 aliphatic rings. The predicted octanol–water partition coefficient (Wildman–Crippen LogP) is 5.89. The van der Waals surface area contributed by atoms with Crippen LogP contribution < -0.4 is 0 Å². The molecule has 152 valence electrons. The molecule has 29 heavy (non-hydrogen) atoms. The highest BCUT2D eigenvalue weighted by molar-refractivity contribution is 7.87. The lowest BCUT2D eigenvalue weighted by Gasteiger charge is -2.33. The van der Waals surface area contributed by atoms with E-state index in [4.69, 9.17) is 46.4 Å². The Morgan fingerprint density at radius 3 is 2.07 bits per heavy atom. The molecule has 10 heteroatoms. The van der Waals surface area contributed by atoms with Gasteiger partial charge < -0.3 is 10.2 Å². The van der Waals surface area contributed by atoms with Crippen LogP contribution in [0.15, 0.2) is 54.6 Å². The first-order chi connectivity index (χ1) is 13.5. The molecule has 3 aromatic carbocycles. The molecular weight excluding hydrogens is 482 g/mol. The third kappa shape index (κ3) is 3.77. The molecular formula is C19H12Cl4O5S. The van der Waals surface area contributed by atoms with Crippen LogP contribution in [0.4, 0.5) is 0 Å².